The fourth-order valence-corrected chi connectivity index (χ4v) is 3.60. The van der Waals surface area contributed by atoms with Crippen LogP contribution in [0.4, 0.5) is 0 Å². The standard InChI is InChI=1S/C15H29N3O/c1-15(2)7-6-10-18(15)13(12-16)11-14(19)17-8-4-3-5-9-17/h13H,3-12,16H2,1-2H3. The Morgan fingerprint density at radius 2 is 1.84 bits per heavy atom. The van der Waals surface area contributed by atoms with E-state index in [1.54, 1.807) is 0 Å². The van der Waals surface area contributed by atoms with Gasteiger partial charge in [0, 0.05) is 37.6 Å². The summed E-state index contributed by atoms with van der Waals surface area (Å²) in [5.74, 6) is 0.304. The van der Waals surface area contributed by atoms with E-state index in [4.69, 9.17) is 5.73 Å². The molecule has 2 aliphatic heterocycles. The van der Waals surface area contributed by atoms with Crippen LogP contribution in [0.15, 0.2) is 0 Å². The molecule has 1 atom stereocenters. The molecule has 0 spiro atoms. The summed E-state index contributed by atoms with van der Waals surface area (Å²) in [4.78, 5) is 16.9. The molecule has 2 rings (SSSR count). The third kappa shape index (κ3) is 3.48. The van der Waals surface area contributed by atoms with Crippen molar-refractivity contribution in [1.82, 2.24) is 9.80 Å². The van der Waals surface area contributed by atoms with Crippen LogP contribution in [0, 0.1) is 0 Å². The Morgan fingerprint density at radius 3 is 2.37 bits per heavy atom. The number of hydrogen-bond acceptors (Lipinski definition) is 3. The largest absolute Gasteiger partial charge is 0.343 e. The van der Waals surface area contributed by atoms with Gasteiger partial charge in [-0.3, -0.25) is 9.69 Å². The van der Waals surface area contributed by atoms with E-state index >= 15 is 0 Å². The van der Waals surface area contributed by atoms with Crippen LogP contribution < -0.4 is 5.73 Å². The molecule has 0 aromatic heterocycles. The van der Waals surface area contributed by atoms with Crippen molar-refractivity contribution in [2.75, 3.05) is 26.2 Å². The van der Waals surface area contributed by atoms with Gasteiger partial charge in [0.25, 0.3) is 0 Å². The monoisotopic (exact) mass is 267 g/mol. The molecule has 4 heteroatoms. The van der Waals surface area contributed by atoms with E-state index in [0.717, 1.165) is 32.5 Å². The molecule has 0 aliphatic carbocycles. The van der Waals surface area contributed by atoms with Crippen molar-refractivity contribution < 1.29 is 4.79 Å². The molecular weight excluding hydrogens is 238 g/mol. The van der Waals surface area contributed by atoms with Crippen LogP contribution in [0.1, 0.15) is 52.4 Å². The summed E-state index contributed by atoms with van der Waals surface area (Å²) in [6, 6.07) is 0.215. The van der Waals surface area contributed by atoms with Gasteiger partial charge < -0.3 is 10.6 Å². The van der Waals surface area contributed by atoms with Crippen LogP contribution in [0.5, 0.6) is 0 Å². The van der Waals surface area contributed by atoms with E-state index in [1.165, 1.54) is 19.3 Å². The van der Waals surface area contributed by atoms with Crippen molar-refractivity contribution in [3.8, 4) is 0 Å². The van der Waals surface area contributed by atoms with Gasteiger partial charge in [-0.15, -0.1) is 0 Å². The van der Waals surface area contributed by atoms with E-state index in [9.17, 15) is 4.79 Å². The first-order chi connectivity index (χ1) is 9.04. The molecule has 2 fully saturated rings. The molecule has 0 bridgehead atoms. The highest BCUT2D eigenvalue weighted by Crippen LogP contribution is 2.31. The highest BCUT2D eigenvalue weighted by atomic mass is 16.2. The van der Waals surface area contributed by atoms with E-state index in [0.29, 0.717) is 18.9 Å². The predicted molar refractivity (Wildman–Crippen MR) is 77.9 cm³/mol. The molecule has 0 saturated carbocycles. The molecule has 0 radical (unpaired) electrons. The Hall–Kier alpha value is -0.610. The predicted octanol–water partition coefficient (Wildman–Crippen LogP) is 1.59. The highest BCUT2D eigenvalue weighted by molar-refractivity contribution is 5.77. The summed E-state index contributed by atoms with van der Waals surface area (Å²) in [6.07, 6.45) is 6.62. The number of nitrogens with zero attached hydrogens (tertiary/aromatic N) is 2. The molecule has 0 aromatic rings. The lowest BCUT2D eigenvalue weighted by Crippen LogP contribution is -2.51. The zero-order chi connectivity index (χ0) is 13.9. The first kappa shape index (κ1) is 14.8. The summed E-state index contributed by atoms with van der Waals surface area (Å²) < 4.78 is 0. The van der Waals surface area contributed by atoms with Gasteiger partial charge in [0.15, 0.2) is 0 Å². The lowest BCUT2D eigenvalue weighted by atomic mass is 9.99. The average Bonchev–Trinajstić information content (AvgIpc) is 2.76. The van der Waals surface area contributed by atoms with Crippen LogP contribution in [-0.4, -0.2) is 53.5 Å². The Labute approximate surface area is 117 Å². The molecule has 4 nitrogen and oxygen atoms in total. The molecule has 1 unspecified atom stereocenters. The number of rotatable bonds is 4. The minimum atomic E-state index is 0.201. The summed E-state index contributed by atoms with van der Waals surface area (Å²) in [5, 5.41) is 0. The number of likely N-dealkylation sites (tertiary alicyclic amines) is 2. The van der Waals surface area contributed by atoms with E-state index < -0.39 is 0 Å². The zero-order valence-corrected chi connectivity index (χ0v) is 12.5. The maximum atomic E-state index is 12.4. The summed E-state index contributed by atoms with van der Waals surface area (Å²) >= 11 is 0. The average molecular weight is 267 g/mol. The van der Waals surface area contributed by atoms with Gasteiger partial charge >= 0.3 is 0 Å². The molecule has 2 N–H and O–H groups in total. The van der Waals surface area contributed by atoms with E-state index in [-0.39, 0.29) is 11.6 Å². The van der Waals surface area contributed by atoms with Gasteiger partial charge in [-0.2, -0.15) is 0 Å². The summed E-state index contributed by atoms with van der Waals surface area (Å²) in [7, 11) is 0. The lowest BCUT2D eigenvalue weighted by molar-refractivity contribution is -0.133. The molecule has 110 valence electrons. The molecule has 2 aliphatic rings. The van der Waals surface area contributed by atoms with Gasteiger partial charge in [0.05, 0.1) is 0 Å². The van der Waals surface area contributed by atoms with Crippen LogP contribution >= 0.6 is 0 Å². The van der Waals surface area contributed by atoms with Crippen molar-refractivity contribution in [1.29, 1.82) is 0 Å². The molecular formula is C15H29N3O. The number of amides is 1. The highest BCUT2D eigenvalue weighted by Gasteiger charge is 2.37. The van der Waals surface area contributed by atoms with Gasteiger partial charge in [0.2, 0.25) is 5.91 Å². The first-order valence-electron chi connectivity index (χ1n) is 7.79. The number of hydrogen-bond donors (Lipinski definition) is 1. The van der Waals surface area contributed by atoms with Crippen molar-refractivity contribution in [3.63, 3.8) is 0 Å². The second-order valence-corrected chi connectivity index (χ2v) is 6.64. The Kier molecular flexibility index (Phi) is 4.85. The third-order valence-electron chi connectivity index (χ3n) is 4.80. The van der Waals surface area contributed by atoms with Crippen molar-refractivity contribution in [2.24, 2.45) is 5.73 Å². The minimum Gasteiger partial charge on any atom is -0.343 e. The van der Waals surface area contributed by atoms with Gasteiger partial charge in [-0.05, 0) is 52.5 Å². The van der Waals surface area contributed by atoms with Crippen LogP contribution in [0.25, 0.3) is 0 Å². The molecule has 0 aromatic carbocycles. The fourth-order valence-electron chi connectivity index (χ4n) is 3.60. The van der Waals surface area contributed by atoms with Crippen LogP contribution in [0.2, 0.25) is 0 Å². The third-order valence-corrected chi connectivity index (χ3v) is 4.80. The SMILES string of the molecule is CC1(C)CCCN1C(CN)CC(=O)N1CCCCC1. The van der Waals surface area contributed by atoms with E-state index in [1.807, 2.05) is 4.90 Å². The smallest absolute Gasteiger partial charge is 0.224 e. The number of carbonyl (C=O) groups excluding carboxylic acids is 1. The minimum absolute atomic E-state index is 0.201. The lowest BCUT2D eigenvalue weighted by Gasteiger charge is -2.38. The van der Waals surface area contributed by atoms with Crippen molar-refractivity contribution in [2.45, 2.75) is 64.0 Å². The van der Waals surface area contributed by atoms with E-state index in [2.05, 4.69) is 18.7 Å². The molecule has 2 saturated heterocycles. The molecule has 1 amide bonds. The zero-order valence-electron chi connectivity index (χ0n) is 12.5. The van der Waals surface area contributed by atoms with Crippen molar-refractivity contribution in [3.05, 3.63) is 0 Å². The Morgan fingerprint density at radius 1 is 1.16 bits per heavy atom. The first-order valence-corrected chi connectivity index (χ1v) is 7.79. The maximum absolute atomic E-state index is 12.4. The Balaban J connectivity index is 1.93. The van der Waals surface area contributed by atoms with Gasteiger partial charge in [-0.25, -0.2) is 0 Å². The normalized spacial score (nSPS) is 25.5. The maximum Gasteiger partial charge on any atom is 0.224 e. The number of carbonyl (C=O) groups is 1. The second-order valence-electron chi connectivity index (χ2n) is 6.64. The molecule has 19 heavy (non-hydrogen) atoms. The van der Waals surface area contributed by atoms with Gasteiger partial charge in [0.1, 0.15) is 0 Å². The fraction of sp³-hybridized carbons (Fsp3) is 0.933. The summed E-state index contributed by atoms with van der Waals surface area (Å²) in [6.45, 7) is 8.10. The quantitative estimate of drug-likeness (QED) is 0.841. The second kappa shape index (κ2) is 6.23. The van der Waals surface area contributed by atoms with Gasteiger partial charge in [-0.1, -0.05) is 0 Å². The number of nitrogens with two attached hydrogens (primary N) is 1. The number of piperidine rings is 1. The van der Waals surface area contributed by atoms with Crippen LogP contribution in [0.3, 0.4) is 0 Å². The summed E-state index contributed by atoms with van der Waals surface area (Å²) in [5.41, 5.74) is 6.14. The Bertz CT molecular complexity index is 311. The van der Waals surface area contributed by atoms with Crippen molar-refractivity contribution >= 4 is 5.91 Å². The topological polar surface area (TPSA) is 49.6 Å². The van der Waals surface area contributed by atoms with Crippen LogP contribution in [-0.2, 0) is 4.79 Å². The molecule has 2 heterocycles.